The standard InChI is InChI=1S/C24H32N4O5/c1-17-9-8-12-28(17,23(31)32-15-18-10-6-5-7-11-18)21(29)20(13-19-14-25-16-26-19)27-22(30)33-24(2,3)4/h5-7,10-11,14,16-17,20H,8-9,12-13,15H2,1-4H3,(H-,25,26,27,30)/p+1/t17-,20+,28?/m1/s1. The maximum Gasteiger partial charge on any atom is 0.524 e. The van der Waals surface area contributed by atoms with Gasteiger partial charge in [-0.15, -0.1) is 0 Å². The molecule has 1 aliphatic rings. The van der Waals surface area contributed by atoms with Crippen LogP contribution in [-0.2, 0) is 27.3 Å². The number of aromatic nitrogens is 2. The molecule has 9 nitrogen and oxygen atoms in total. The topological polar surface area (TPSA) is 110 Å². The SMILES string of the molecule is C[C@@H]1CCC[N+]1(C(=O)OCc1ccccc1)C(=O)[C@H](Cc1cnc[nH]1)NC(=O)OC(C)(C)C. The van der Waals surface area contributed by atoms with Gasteiger partial charge < -0.3 is 19.8 Å². The van der Waals surface area contributed by atoms with Crippen LogP contribution in [0.2, 0.25) is 0 Å². The zero-order valence-electron chi connectivity index (χ0n) is 19.7. The average molecular weight is 458 g/mol. The highest BCUT2D eigenvalue weighted by atomic mass is 16.6. The Hall–Kier alpha value is -3.20. The lowest BCUT2D eigenvalue weighted by Crippen LogP contribution is -2.65. The number of H-pyrrole nitrogens is 1. The third-order valence-electron chi connectivity index (χ3n) is 5.78. The molecule has 3 amide bonds. The van der Waals surface area contributed by atoms with Crippen LogP contribution in [0.15, 0.2) is 42.9 Å². The molecular formula is C24H33N4O5+. The molecule has 3 atom stereocenters. The van der Waals surface area contributed by atoms with Crippen LogP contribution in [0, 0.1) is 0 Å². The predicted molar refractivity (Wildman–Crippen MR) is 121 cm³/mol. The second-order valence-corrected chi connectivity index (χ2v) is 9.44. The van der Waals surface area contributed by atoms with E-state index in [9.17, 15) is 14.4 Å². The number of hydrogen-bond acceptors (Lipinski definition) is 6. The van der Waals surface area contributed by atoms with Crippen LogP contribution in [0.1, 0.15) is 51.8 Å². The van der Waals surface area contributed by atoms with Crippen molar-refractivity contribution >= 4 is 18.1 Å². The molecule has 3 rings (SSSR count). The van der Waals surface area contributed by atoms with Gasteiger partial charge in [0.15, 0.2) is 6.04 Å². The van der Waals surface area contributed by atoms with Gasteiger partial charge in [0.1, 0.15) is 18.2 Å². The van der Waals surface area contributed by atoms with Crippen LogP contribution in [0.3, 0.4) is 0 Å². The predicted octanol–water partition coefficient (Wildman–Crippen LogP) is 3.71. The fourth-order valence-electron chi connectivity index (χ4n) is 4.14. The lowest BCUT2D eigenvalue weighted by Gasteiger charge is -2.34. The van der Waals surface area contributed by atoms with Crippen LogP contribution in [0.5, 0.6) is 0 Å². The third-order valence-corrected chi connectivity index (χ3v) is 5.78. The Balaban J connectivity index is 1.85. The summed E-state index contributed by atoms with van der Waals surface area (Å²) >= 11 is 0. The Kier molecular flexibility index (Phi) is 7.53. The fourth-order valence-corrected chi connectivity index (χ4v) is 4.14. The minimum Gasteiger partial charge on any atom is -0.444 e. The zero-order valence-corrected chi connectivity index (χ0v) is 19.7. The summed E-state index contributed by atoms with van der Waals surface area (Å²) in [7, 11) is 0. The Morgan fingerprint density at radius 2 is 1.97 bits per heavy atom. The van der Waals surface area contributed by atoms with Gasteiger partial charge in [0.2, 0.25) is 0 Å². The first-order valence-electron chi connectivity index (χ1n) is 11.2. The van der Waals surface area contributed by atoms with E-state index in [0.29, 0.717) is 25.1 Å². The number of quaternary nitrogens is 1. The van der Waals surface area contributed by atoms with Crippen molar-refractivity contribution in [2.24, 2.45) is 0 Å². The van der Waals surface area contributed by atoms with E-state index in [4.69, 9.17) is 9.47 Å². The minimum absolute atomic E-state index is 0.0738. The molecule has 178 valence electrons. The number of nitrogens with one attached hydrogen (secondary N) is 2. The molecule has 0 radical (unpaired) electrons. The van der Waals surface area contributed by atoms with E-state index >= 15 is 0 Å². The van der Waals surface area contributed by atoms with E-state index < -0.39 is 34.2 Å². The van der Waals surface area contributed by atoms with Crippen LogP contribution < -0.4 is 5.32 Å². The number of nitrogens with zero attached hydrogens (tertiary/aromatic N) is 2. The number of ether oxygens (including phenoxy) is 2. The second kappa shape index (κ2) is 10.2. The van der Waals surface area contributed by atoms with Gasteiger partial charge in [-0.2, -0.15) is 9.28 Å². The van der Waals surface area contributed by atoms with Gasteiger partial charge in [-0.3, -0.25) is 0 Å². The second-order valence-electron chi connectivity index (χ2n) is 9.44. The fraction of sp³-hybridized carbons (Fsp3) is 0.500. The number of hydrogen-bond donors (Lipinski definition) is 2. The zero-order chi connectivity index (χ0) is 24.1. The lowest BCUT2D eigenvalue weighted by atomic mass is 10.1. The molecule has 33 heavy (non-hydrogen) atoms. The number of carbonyl (C=O) groups is 3. The molecule has 2 aromatic rings. The first kappa shape index (κ1) is 24.4. The average Bonchev–Trinajstić information content (AvgIpc) is 3.40. The van der Waals surface area contributed by atoms with Crippen molar-refractivity contribution in [1.29, 1.82) is 0 Å². The smallest absolute Gasteiger partial charge is 0.444 e. The van der Waals surface area contributed by atoms with Crippen molar-refractivity contribution in [3.05, 3.63) is 54.1 Å². The molecule has 9 heteroatoms. The van der Waals surface area contributed by atoms with Crippen molar-refractivity contribution in [3.8, 4) is 0 Å². The summed E-state index contributed by atoms with van der Waals surface area (Å²) in [6, 6.07) is 8.06. The number of benzene rings is 1. The number of imide groups is 1. The van der Waals surface area contributed by atoms with Crippen molar-refractivity contribution < 1.29 is 28.3 Å². The first-order valence-corrected chi connectivity index (χ1v) is 11.2. The molecule has 1 aliphatic heterocycles. The first-order chi connectivity index (χ1) is 15.6. The minimum atomic E-state index is -0.995. The van der Waals surface area contributed by atoms with Crippen molar-refractivity contribution in [2.45, 2.75) is 71.2 Å². The summed E-state index contributed by atoms with van der Waals surface area (Å²) in [6.45, 7) is 7.50. The van der Waals surface area contributed by atoms with Crippen LogP contribution >= 0.6 is 0 Å². The number of carbonyl (C=O) groups excluding carboxylic acids is 3. The quantitative estimate of drug-likeness (QED) is 0.640. The summed E-state index contributed by atoms with van der Waals surface area (Å²) in [6.07, 6.45) is 3.32. The Morgan fingerprint density at radius 1 is 1.24 bits per heavy atom. The maximum absolute atomic E-state index is 13.9. The normalized spacial score (nSPS) is 21.3. The van der Waals surface area contributed by atoms with Gasteiger partial charge in [-0.1, -0.05) is 30.3 Å². The summed E-state index contributed by atoms with van der Waals surface area (Å²) in [5.74, 6) is -0.418. The molecule has 0 aliphatic carbocycles. The molecular weight excluding hydrogens is 424 g/mol. The van der Waals surface area contributed by atoms with E-state index in [0.717, 1.165) is 5.56 Å². The van der Waals surface area contributed by atoms with E-state index in [1.165, 1.54) is 6.33 Å². The Morgan fingerprint density at radius 3 is 2.55 bits per heavy atom. The van der Waals surface area contributed by atoms with Gasteiger partial charge in [-0.05, 0) is 33.3 Å². The molecule has 2 heterocycles. The molecule has 0 spiro atoms. The molecule has 2 N–H and O–H groups in total. The van der Waals surface area contributed by atoms with Gasteiger partial charge in [-0.25, -0.2) is 14.6 Å². The van der Waals surface area contributed by atoms with Gasteiger partial charge in [0, 0.05) is 31.2 Å². The van der Waals surface area contributed by atoms with Crippen molar-refractivity contribution in [3.63, 3.8) is 0 Å². The van der Waals surface area contributed by atoms with E-state index in [1.807, 2.05) is 37.3 Å². The number of rotatable bonds is 6. The summed E-state index contributed by atoms with van der Waals surface area (Å²) < 4.78 is 10.5. The third kappa shape index (κ3) is 5.98. The molecule has 1 aromatic carbocycles. The summed E-state index contributed by atoms with van der Waals surface area (Å²) in [5, 5.41) is 2.68. The number of likely N-dealkylation sites (tertiary alicyclic amines) is 1. The van der Waals surface area contributed by atoms with Crippen molar-refractivity contribution in [1.82, 2.24) is 15.3 Å². The highest BCUT2D eigenvalue weighted by molar-refractivity contribution is 5.88. The van der Waals surface area contributed by atoms with Crippen LogP contribution in [0.4, 0.5) is 9.59 Å². The molecule has 0 saturated carbocycles. The van der Waals surface area contributed by atoms with E-state index in [-0.39, 0.29) is 19.1 Å². The van der Waals surface area contributed by atoms with Crippen LogP contribution in [-0.4, -0.2) is 56.8 Å². The maximum atomic E-state index is 13.9. The number of alkyl carbamates (subject to hydrolysis) is 1. The molecule has 0 bridgehead atoms. The van der Waals surface area contributed by atoms with Crippen LogP contribution in [0.25, 0.3) is 0 Å². The largest absolute Gasteiger partial charge is 0.524 e. The molecule has 1 fully saturated rings. The highest BCUT2D eigenvalue weighted by Gasteiger charge is 2.56. The Bertz CT molecular complexity index is 955. The molecule has 1 saturated heterocycles. The monoisotopic (exact) mass is 457 g/mol. The molecule has 1 aromatic heterocycles. The number of amides is 3. The molecule has 1 unspecified atom stereocenters. The van der Waals surface area contributed by atoms with Gasteiger partial charge in [0.25, 0.3) is 0 Å². The summed E-state index contributed by atoms with van der Waals surface area (Å²) in [5.41, 5.74) is 0.768. The van der Waals surface area contributed by atoms with Crippen molar-refractivity contribution in [2.75, 3.05) is 6.54 Å². The van der Waals surface area contributed by atoms with Gasteiger partial charge in [0.05, 0.1) is 12.9 Å². The highest BCUT2D eigenvalue weighted by Crippen LogP contribution is 2.31. The van der Waals surface area contributed by atoms with E-state index in [1.54, 1.807) is 27.0 Å². The van der Waals surface area contributed by atoms with Gasteiger partial charge >= 0.3 is 18.1 Å². The lowest BCUT2D eigenvalue weighted by molar-refractivity contribution is -0.794. The Labute approximate surface area is 194 Å². The summed E-state index contributed by atoms with van der Waals surface area (Å²) in [4.78, 5) is 46.8. The van der Waals surface area contributed by atoms with E-state index in [2.05, 4.69) is 15.3 Å². The number of aromatic amines is 1. The number of imidazole rings is 1.